The minimum atomic E-state index is -0.741. The molecule has 10 heteroatoms. The van der Waals surface area contributed by atoms with Gasteiger partial charge in [0.1, 0.15) is 6.54 Å². The van der Waals surface area contributed by atoms with Gasteiger partial charge in [-0.25, -0.2) is 9.78 Å². The van der Waals surface area contributed by atoms with Crippen LogP contribution in [0.15, 0.2) is 34.8 Å². The number of hydrogen-bond donors (Lipinski definition) is 1. The second kappa shape index (κ2) is 8.20. The Bertz CT molecular complexity index is 1270. The molecule has 1 aliphatic rings. The molecule has 0 saturated heterocycles. The third kappa shape index (κ3) is 3.96. The molecule has 0 spiro atoms. The van der Waals surface area contributed by atoms with Crippen LogP contribution >= 0.6 is 27.3 Å². The van der Waals surface area contributed by atoms with Gasteiger partial charge in [-0.05, 0) is 49.7 Å². The van der Waals surface area contributed by atoms with Gasteiger partial charge in [0.25, 0.3) is 11.7 Å². The minimum Gasteiger partial charge on any atom is -0.462 e. The van der Waals surface area contributed by atoms with E-state index in [1.165, 1.54) is 16.2 Å². The van der Waals surface area contributed by atoms with Gasteiger partial charge < -0.3 is 10.1 Å². The van der Waals surface area contributed by atoms with Gasteiger partial charge in [-0.2, -0.15) is 0 Å². The second-order valence-corrected chi connectivity index (χ2v) is 8.76. The number of nitrogens with one attached hydrogen (secondary N) is 1. The van der Waals surface area contributed by atoms with Gasteiger partial charge in [0, 0.05) is 4.47 Å². The molecule has 3 aromatic rings. The number of anilines is 2. The van der Waals surface area contributed by atoms with Gasteiger partial charge >= 0.3 is 5.97 Å². The molecule has 0 radical (unpaired) electrons. The van der Waals surface area contributed by atoms with Gasteiger partial charge in [0.2, 0.25) is 5.91 Å². The van der Waals surface area contributed by atoms with Crippen molar-refractivity contribution in [3.05, 3.63) is 51.5 Å². The number of esters is 1. The first kappa shape index (κ1) is 21.1. The molecule has 0 saturated carbocycles. The van der Waals surface area contributed by atoms with Crippen LogP contribution in [0.5, 0.6) is 0 Å². The summed E-state index contributed by atoms with van der Waals surface area (Å²) in [5.74, 6) is -2.30. The summed E-state index contributed by atoms with van der Waals surface area (Å²) in [6.45, 7) is 3.46. The van der Waals surface area contributed by atoms with Gasteiger partial charge in [-0.3, -0.25) is 19.3 Å². The summed E-state index contributed by atoms with van der Waals surface area (Å²) in [6, 6.07) is 8.30. The van der Waals surface area contributed by atoms with Crippen molar-refractivity contribution in [3.63, 3.8) is 0 Å². The predicted octanol–water partition coefficient (Wildman–Crippen LogP) is 3.71. The number of carbonyl (C=O) groups excluding carboxylic acids is 4. The summed E-state index contributed by atoms with van der Waals surface area (Å²) in [5, 5.41) is 2.99. The number of aryl methyl sites for hydroxylation is 1. The molecule has 2 amide bonds. The molecule has 0 unspecified atom stereocenters. The van der Waals surface area contributed by atoms with Gasteiger partial charge in [-0.15, -0.1) is 0 Å². The lowest BCUT2D eigenvalue weighted by Gasteiger charge is -2.17. The lowest BCUT2D eigenvalue weighted by atomic mass is 10.1. The average Bonchev–Trinajstić information content (AvgIpc) is 3.21. The number of fused-ring (bicyclic) bond motifs is 2. The Balaban J connectivity index is 1.53. The van der Waals surface area contributed by atoms with Crippen LogP contribution in [-0.4, -0.2) is 41.7 Å². The second-order valence-electron chi connectivity index (χ2n) is 6.81. The van der Waals surface area contributed by atoms with E-state index in [0.717, 1.165) is 0 Å². The fraction of sp³-hybridized carbons (Fsp3) is 0.190. The molecule has 0 bridgehead atoms. The van der Waals surface area contributed by atoms with E-state index in [4.69, 9.17) is 4.74 Å². The van der Waals surface area contributed by atoms with Crippen molar-refractivity contribution >= 4 is 71.9 Å². The van der Waals surface area contributed by atoms with Crippen molar-refractivity contribution in [2.45, 2.75) is 13.8 Å². The maximum atomic E-state index is 12.6. The highest BCUT2D eigenvalue weighted by Gasteiger charge is 2.38. The van der Waals surface area contributed by atoms with Gasteiger partial charge in [-0.1, -0.05) is 27.3 Å². The summed E-state index contributed by atoms with van der Waals surface area (Å²) in [4.78, 5) is 54.8. The third-order valence-electron chi connectivity index (χ3n) is 4.67. The Morgan fingerprint density at radius 2 is 2.00 bits per heavy atom. The first-order chi connectivity index (χ1) is 14.8. The van der Waals surface area contributed by atoms with Crippen molar-refractivity contribution in [1.29, 1.82) is 0 Å². The third-order valence-corrected chi connectivity index (χ3v) is 6.06. The smallest absolute Gasteiger partial charge is 0.338 e. The van der Waals surface area contributed by atoms with Crippen LogP contribution in [0, 0.1) is 6.92 Å². The Morgan fingerprint density at radius 3 is 2.74 bits per heavy atom. The first-order valence-electron chi connectivity index (χ1n) is 9.32. The maximum Gasteiger partial charge on any atom is 0.338 e. The zero-order valence-electron chi connectivity index (χ0n) is 16.5. The lowest BCUT2D eigenvalue weighted by molar-refractivity contribution is -0.118. The van der Waals surface area contributed by atoms with Crippen LogP contribution in [0.3, 0.4) is 0 Å². The van der Waals surface area contributed by atoms with Crippen LogP contribution in [0.2, 0.25) is 0 Å². The number of thiazole rings is 1. The summed E-state index contributed by atoms with van der Waals surface area (Å²) in [7, 11) is 0. The van der Waals surface area contributed by atoms with Crippen molar-refractivity contribution in [1.82, 2.24) is 4.98 Å². The number of halogens is 1. The number of hydrogen-bond acceptors (Lipinski definition) is 7. The molecule has 31 heavy (non-hydrogen) atoms. The zero-order chi connectivity index (χ0) is 22.3. The molecule has 0 atom stereocenters. The molecule has 0 fully saturated rings. The van der Waals surface area contributed by atoms with Crippen molar-refractivity contribution in [2.75, 3.05) is 23.4 Å². The number of benzene rings is 2. The fourth-order valence-corrected chi connectivity index (χ4v) is 4.87. The van der Waals surface area contributed by atoms with Gasteiger partial charge in [0.15, 0.2) is 5.13 Å². The molecule has 8 nitrogen and oxygen atoms in total. The molecule has 1 aliphatic heterocycles. The molecule has 4 rings (SSSR count). The van der Waals surface area contributed by atoms with E-state index >= 15 is 0 Å². The number of Topliss-reactive ketones (excluding diaryl/α,β-unsaturated/α-hetero) is 1. The number of ketones is 1. The molecule has 0 aliphatic carbocycles. The largest absolute Gasteiger partial charge is 0.462 e. The average molecular weight is 502 g/mol. The standard InChI is InChI=1S/C21H16BrN3O5S/c1-3-30-20(29)11-4-5-14-15(7-11)31-21(23-14)24-16(26)9-25-17-10(2)6-12(22)8-13(17)18(27)19(25)28/h4-8H,3,9H2,1-2H3,(H,23,24,26). The highest BCUT2D eigenvalue weighted by Crippen LogP contribution is 2.35. The highest BCUT2D eigenvalue weighted by molar-refractivity contribution is 9.10. The highest BCUT2D eigenvalue weighted by atomic mass is 79.9. The van der Waals surface area contributed by atoms with Gasteiger partial charge in [0.05, 0.1) is 33.6 Å². The molecule has 1 N–H and O–H groups in total. The van der Waals surface area contributed by atoms with Crippen molar-refractivity contribution < 1.29 is 23.9 Å². The van der Waals surface area contributed by atoms with E-state index in [1.54, 1.807) is 44.2 Å². The number of aromatic nitrogens is 1. The number of carbonyl (C=O) groups is 4. The molecular weight excluding hydrogens is 486 g/mol. The Morgan fingerprint density at radius 1 is 1.23 bits per heavy atom. The van der Waals surface area contributed by atoms with Crippen molar-refractivity contribution in [3.8, 4) is 0 Å². The minimum absolute atomic E-state index is 0.274. The Labute approximate surface area is 189 Å². The first-order valence-corrected chi connectivity index (χ1v) is 10.9. The molecule has 158 valence electrons. The van der Waals surface area contributed by atoms with Crippen LogP contribution < -0.4 is 10.2 Å². The van der Waals surface area contributed by atoms with Crippen LogP contribution in [0.4, 0.5) is 10.8 Å². The lowest BCUT2D eigenvalue weighted by Crippen LogP contribution is -2.37. The predicted molar refractivity (Wildman–Crippen MR) is 120 cm³/mol. The molecule has 2 heterocycles. The summed E-state index contributed by atoms with van der Waals surface area (Å²) >= 11 is 4.52. The Hall–Kier alpha value is -3.11. The normalized spacial score (nSPS) is 12.9. The quantitative estimate of drug-likeness (QED) is 0.421. The maximum absolute atomic E-state index is 12.6. The zero-order valence-corrected chi connectivity index (χ0v) is 18.9. The molecule has 2 aromatic carbocycles. The summed E-state index contributed by atoms with van der Waals surface area (Å²) < 4.78 is 6.39. The summed E-state index contributed by atoms with van der Waals surface area (Å²) in [5.41, 5.74) is 2.44. The van der Waals surface area contributed by atoms with E-state index in [9.17, 15) is 19.2 Å². The molecule has 1 aromatic heterocycles. The van der Waals surface area contributed by atoms with E-state index in [1.807, 2.05) is 0 Å². The topological polar surface area (TPSA) is 106 Å². The van der Waals surface area contributed by atoms with E-state index in [-0.39, 0.29) is 18.7 Å². The van der Waals surface area contributed by atoms with Crippen LogP contribution in [0.1, 0.15) is 33.2 Å². The Kier molecular flexibility index (Phi) is 5.59. The molecular formula is C21H16BrN3O5S. The number of amides is 2. The number of rotatable bonds is 5. The monoisotopic (exact) mass is 501 g/mol. The SMILES string of the molecule is CCOC(=O)c1ccc2nc(NC(=O)CN3C(=O)C(=O)c4cc(Br)cc(C)c43)sc2c1. The van der Waals surface area contributed by atoms with Crippen LogP contribution in [-0.2, 0) is 14.3 Å². The van der Waals surface area contributed by atoms with E-state index < -0.39 is 23.6 Å². The van der Waals surface area contributed by atoms with E-state index in [2.05, 4.69) is 26.2 Å². The van der Waals surface area contributed by atoms with E-state index in [0.29, 0.717) is 36.6 Å². The van der Waals surface area contributed by atoms with Crippen molar-refractivity contribution in [2.24, 2.45) is 0 Å². The fourth-order valence-electron chi connectivity index (χ4n) is 3.38. The van der Waals surface area contributed by atoms with Crippen LogP contribution in [0.25, 0.3) is 10.2 Å². The number of nitrogens with zero attached hydrogens (tertiary/aromatic N) is 2. The number of ether oxygens (including phenoxy) is 1. The summed E-state index contributed by atoms with van der Waals surface area (Å²) in [6.07, 6.45) is 0.